The van der Waals surface area contributed by atoms with Crippen molar-refractivity contribution < 1.29 is 4.79 Å². The fourth-order valence-corrected chi connectivity index (χ4v) is 2.14. The minimum Gasteiger partial charge on any atom is -0.311 e. The summed E-state index contributed by atoms with van der Waals surface area (Å²) in [5.41, 5.74) is 0.769. The number of nitrogens with zero attached hydrogens (tertiary/aromatic N) is 2. The molecule has 1 amide bonds. The van der Waals surface area contributed by atoms with Crippen molar-refractivity contribution in [2.75, 3.05) is 5.32 Å². The lowest BCUT2D eigenvalue weighted by molar-refractivity contribution is 0.102. The predicted octanol–water partition coefficient (Wildman–Crippen LogP) is 3.03. The van der Waals surface area contributed by atoms with Crippen molar-refractivity contribution in [2.45, 2.75) is 0 Å². The zero-order chi connectivity index (χ0) is 12.3. The predicted molar refractivity (Wildman–Crippen MR) is 68.9 cm³/mol. The van der Waals surface area contributed by atoms with Crippen LogP contribution in [-0.2, 0) is 0 Å². The summed E-state index contributed by atoms with van der Waals surface area (Å²) < 4.78 is 0.808. The molecule has 0 aliphatic heterocycles. The molecule has 84 valence electrons. The number of hydrogen-bond acceptors (Lipinski definition) is 4. The molecule has 0 saturated carbocycles. The van der Waals surface area contributed by atoms with Crippen LogP contribution in [0.25, 0.3) is 0 Å². The number of pyridine rings is 1. The number of halogens is 1. The van der Waals surface area contributed by atoms with Crippen LogP contribution in [0.15, 0.2) is 34.2 Å². The lowest BCUT2D eigenvalue weighted by atomic mass is 10.3. The summed E-state index contributed by atoms with van der Waals surface area (Å²) in [5.74, 6) is -0.323. The fraction of sp³-hybridized carbons (Fsp3) is 0. The van der Waals surface area contributed by atoms with Crippen LogP contribution >= 0.6 is 27.3 Å². The third-order valence-corrected chi connectivity index (χ3v) is 3.27. The molecule has 0 spiro atoms. The standard InChI is InChI=1S/C11H6BrN3OS/c12-8-1-2-9(14-6-8)10(16)15-11-7(5-13)3-4-17-11/h1-4,6H,(H,15,16). The monoisotopic (exact) mass is 307 g/mol. The van der Waals surface area contributed by atoms with Gasteiger partial charge in [0.1, 0.15) is 16.8 Å². The Hall–Kier alpha value is -1.71. The second-order valence-corrected chi connectivity index (χ2v) is 4.92. The van der Waals surface area contributed by atoms with E-state index in [1.807, 2.05) is 6.07 Å². The Kier molecular flexibility index (Phi) is 3.52. The van der Waals surface area contributed by atoms with Crippen LogP contribution in [0.1, 0.15) is 16.1 Å². The van der Waals surface area contributed by atoms with Crippen LogP contribution in [-0.4, -0.2) is 10.9 Å². The first-order valence-electron chi connectivity index (χ1n) is 4.61. The molecule has 0 atom stereocenters. The SMILES string of the molecule is N#Cc1ccsc1NC(=O)c1ccc(Br)cn1. The van der Waals surface area contributed by atoms with Gasteiger partial charge in [-0.25, -0.2) is 4.98 Å². The van der Waals surface area contributed by atoms with Crippen LogP contribution in [0.4, 0.5) is 5.00 Å². The van der Waals surface area contributed by atoms with E-state index in [1.165, 1.54) is 11.3 Å². The number of carbonyl (C=O) groups excluding carboxylic acids is 1. The highest BCUT2D eigenvalue weighted by Gasteiger charge is 2.11. The molecule has 0 aliphatic carbocycles. The topological polar surface area (TPSA) is 65.8 Å². The Balaban J connectivity index is 2.18. The Morgan fingerprint density at radius 2 is 2.29 bits per heavy atom. The van der Waals surface area contributed by atoms with Crippen molar-refractivity contribution in [1.29, 1.82) is 5.26 Å². The molecule has 0 saturated heterocycles. The first kappa shape index (κ1) is 11.8. The van der Waals surface area contributed by atoms with Crippen molar-refractivity contribution in [3.05, 3.63) is 45.5 Å². The third-order valence-electron chi connectivity index (χ3n) is 1.97. The molecule has 2 heterocycles. The summed E-state index contributed by atoms with van der Waals surface area (Å²) in [6.07, 6.45) is 1.55. The highest BCUT2D eigenvalue weighted by Crippen LogP contribution is 2.22. The van der Waals surface area contributed by atoms with Gasteiger partial charge in [-0.1, -0.05) is 0 Å². The molecule has 17 heavy (non-hydrogen) atoms. The molecule has 0 bridgehead atoms. The van der Waals surface area contributed by atoms with E-state index in [4.69, 9.17) is 5.26 Å². The summed E-state index contributed by atoms with van der Waals surface area (Å²) in [6, 6.07) is 7.02. The summed E-state index contributed by atoms with van der Waals surface area (Å²) in [7, 11) is 0. The molecule has 0 aliphatic rings. The number of anilines is 1. The van der Waals surface area contributed by atoms with E-state index < -0.39 is 0 Å². The zero-order valence-electron chi connectivity index (χ0n) is 8.48. The minimum absolute atomic E-state index is 0.311. The Bertz CT molecular complexity index is 586. The van der Waals surface area contributed by atoms with E-state index in [2.05, 4.69) is 26.2 Å². The van der Waals surface area contributed by atoms with E-state index in [1.54, 1.807) is 29.8 Å². The molecule has 1 N–H and O–H groups in total. The van der Waals surface area contributed by atoms with Crippen LogP contribution in [0.3, 0.4) is 0 Å². The number of amides is 1. The molecule has 2 rings (SSSR count). The minimum atomic E-state index is -0.323. The van der Waals surface area contributed by atoms with E-state index in [0.717, 1.165) is 4.47 Å². The summed E-state index contributed by atoms with van der Waals surface area (Å²) in [6.45, 7) is 0. The first-order valence-corrected chi connectivity index (χ1v) is 6.28. The van der Waals surface area contributed by atoms with E-state index in [0.29, 0.717) is 16.3 Å². The molecule has 0 radical (unpaired) electrons. The second kappa shape index (κ2) is 5.08. The molecule has 0 aromatic carbocycles. The van der Waals surface area contributed by atoms with Crippen molar-refractivity contribution in [3.63, 3.8) is 0 Å². The molecular weight excluding hydrogens is 302 g/mol. The average molecular weight is 308 g/mol. The zero-order valence-corrected chi connectivity index (χ0v) is 10.9. The molecular formula is C11H6BrN3OS. The quantitative estimate of drug-likeness (QED) is 0.927. The number of hydrogen-bond donors (Lipinski definition) is 1. The van der Waals surface area contributed by atoms with E-state index >= 15 is 0 Å². The molecule has 2 aromatic heterocycles. The van der Waals surface area contributed by atoms with Crippen molar-refractivity contribution in [2.24, 2.45) is 0 Å². The maximum atomic E-state index is 11.8. The summed E-state index contributed by atoms with van der Waals surface area (Å²) in [4.78, 5) is 15.8. The smallest absolute Gasteiger partial charge is 0.274 e. The van der Waals surface area contributed by atoms with Gasteiger partial charge in [-0.15, -0.1) is 11.3 Å². The van der Waals surface area contributed by atoms with Gasteiger partial charge < -0.3 is 5.32 Å². The number of nitriles is 1. The number of rotatable bonds is 2. The van der Waals surface area contributed by atoms with Crippen LogP contribution in [0.5, 0.6) is 0 Å². The highest BCUT2D eigenvalue weighted by atomic mass is 79.9. The molecule has 0 fully saturated rings. The van der Waals surface area contributed by atoms with Crippen LogP contribution < -0.4 is 5.32 Å². The second-order valence-electron chi connectivity index (χ2n) is 3.09. The number of carbonyl (C=O) groups is 1. The van der Waals surface area contributed by atoms with Gasteiger partial charge in [0.05, 0.1) is 5.56 Å². The van der Waals surface area contributed by atoms with Crippen molar-refractivity contribution in [3.8, 4) is 6.07 Å². The van der Waals surface area contributed by atoms with Gasteiger partial charge in [0.25, 0.3) is 5.91 Å². The molecule has 0 unspecified atom stereocenters. The van der Waals surface area contributed by atoms with Crippen molar-refractivity contribution >= 4 is 38.2 Å². The van der Waals surface area contributed by atoms with Gasteiger partial charge in [0.15, 0.2) is 0 Å². The van der Waals surface area contributed by atoms with Gasteiger partial charge in [0, 0.05) is 10.7 Å². The van der Waals surface area contributed by atoms with Crippen LogP contribution in [0, 0.1) is 11.3 Å². The van der Waals surface area contributed by atoms with Gasteiger partial charge in [-0.05, 0) is 39.5 Å². The Morgan fingerprint density at radius 1 is 1.47 bits per heavy atom. The van der Waals surface area contributed by atoms with E-state index in [9.17, 15) is 4.79 Å². The lowest BCUT2D eigenvalue weighted by Gasteiger charge is -2.02. The highest BCUT2D eigenvalue weighted by molar-refractivity contribution is 9.10. The maximum Gasteiger partial charge on any atom is 0.274 e. The number of nitrogens with one attached hydrogen (secondary N) is 1. The van der Waals surface area contributed by atoms with Gasteiger partial charge in [-0.2, -0.15) is 5.26 Å². The fourth-order valence-electron chi connectivity index (χ4n) is 1.17. The van der Waals surface area contributed by atoms with Crippen molar-refractivity contribution in [1.82, 2.24) is 4.98 Å². The molecule has 4 nitrogen and oxygen atoms in total. The average Bonchev–Trinajstić information content (AvgIpc) is 2.77. The summed E-state index contributed by atoms with van der Waals surface area (Å²) in [5, 5.41) is 13.8. The van der Waals surface area contributed by atoms with Gasteiger partial charge in [0.2, 0.25) is 0 Å². The third kappa shape index (κ3) is 2.70. The largest absolute Gasteiger partial charge is 0.311 e. The maximum absolute atomic E-state index is 11.8. The molecule has 6 heteroatoms. The summed E-state index contributed by atoms with van der Waals surface area (Å²) >= 11 is 4.55. The Labute approximate surface area is 110 Å². The van der Waals surface area contributed by atoms with Gasteiger partial charge >= 0.3 is 0 Å². The molecule has 2 aromatic rings. The number of aromatic nitrogens is 1. The Morgan fingerprint density at radius 3 is 2.94 bits per heavy atom. The normalized spacial score (nSPS) is 9.65. The lowest BCUT2D eigenvalue weighted by Crippen LogP contribution is -2.13. The first-order chi connectivity index (χ1) is 8.20. The van der Waals surface area contributed by atoms with E-state index in [-0.39, 0.29) is 5.91 Å². The van der Waals surface area contributed by atoms with Gasteiger partial charge in [-0.3, -0.25) is 4.79 Å². The number of thiophene rings is 1. The van der Waals surface area contributed by atoms with Crippen LogP contribution in [0.2, 0.25) is 0 Å².